The lowest BCUT2D eigenvalue weighted by Gasteiger charge is -2.29. The fourth-order valence-corrected chi connectivity index (χ4v) is 3.03. The van der Waals surface area contributed by atoms with Crippen molar-refractivity contribution in [2.75, 3.05) is 7.05 Å². The number of hydrogen-bond donors (Lipinski definition) is 0. The molecule has 0 aliphatic carbocycles. The second-order valence-electron chi connectivity index (χ2n) is 5.95. The molecule has 2 heteroatoms. The first kappa shape index (κ1) is 16.0. The van der Waals surface area contributed by atoms with Crippen LogP contribution in [0.4, 0.5) is 0 Å². The van der Waals surface area contributed by atoms with Gasteiger partial charge in [-0.15, -0.1) is 0 Å². The van der Waals surface area contributed by atoms with Gasteiger partial charge in [-0.05, 0) is 29.7 Å². The zero-order valence-corrected chi connectivity index (χ0v) is 14.0. The van der Waals surface area contributed by atoms with E-state index >= 15 is 0 Å². The van der Waals surface area contributed by atoms with Crippen molar-refractivity contribution in [2.45, 2.75) is 13.0 Å². The SMILES string of the molecule is Cc1ccccc1C(=O)N(C)C(c1ccccc1)c1ccccc1. The van der Waals surface area contributed by atoms with E-state index in [2.05, 4.69) is 24.3 Å². The third-order valence-electron chi connectivity index (χ3n) is 4.31. The van der Waals surface area contributed by atoms with Crippen LogP contribution in [0.25, 0.3) is 0 Å². The van der Waals surface area contributed by atoms with Crippen LogP contribution in [0.2, 0.25) is 0 Å². The lowest BCUT2D eigenvalue weighted by atomic mass is 9.96. The second-order valence-corrected chi connectivity index (χ2v) is 5.95. The number of carbonyl (C=O) groups is 1. The van der Waals surface area contributed by atoms with Crippen LogP contribution < -0.4 is 0 Å². The van der Waals surface area contributed by atoms with Gasteiger partial charge in [-0.1, -0.05) is 78.9 Å². The molecule has 120 valence electrons. The second kappa shape index (κ2) is 7.14. The van der Waals surface area contributed by atoms with Crippen molar-refractivity contribution in [1.82, 2.24) is 4.90 Å². The minimum atomic E-state index is -0.112. The highest BCUT2D eigenvalue weighted by molar-refractivity contribution is 5.96. The maximum atomic E-state index is 13.1. The maximum absolute atomic E-state index is 13.1. The number of rotatable bonds is 4. The fourth-order valence-electron chi connectivity index (χ4n) is 3.03. The summed E-state index contributed by atoms with van der Waals surface area (Å²) in [5.74, 6) is 0.0332. The minimum Gasteiger partial charge on any atom is -0.331 e. The van der Waals surface area contributed by atoms with E-state index in [1.165, 1.54) is 0 Å². The van der Waals surface area contributed by atoms with Crippen molar-refractivity contribution in [3.63, 3.8) is 0 Å². The van der Waals surface area contributed by atoms with Crippen molar-refractivity contribution in [1.29, 1.82) is 0 Å². The van der Waals surface area contributed by atoms with Crippen LogP contribution in [-0.2, 0) is 0 Å². The number of hydrogen-bond acceptors (Lipinski definition) is 1. The predicted octanol–water partition coefficient (Wildman–Crippen LogP) is 4.86. The third-order valence-corrected chi connectivity index (χ3v) is 4.31. The Morgan fingerprint density at radius 3 is 1.71 bits per heavy atom. The molecular weight excluding hydrogens is 294 g/mol. The predicted molar refractivity (Wildman–Crippen MR) is 98.0 cm³/mol. The molecule has 0 N–H and O–H groups in total. The van der Waals surface area contributed by atoms with Gasteiger partial charge in [-0.2, -0.15) is 0 Å². The summed E-state index contributed by atoms with van der Waals surface area (Å²) in [6, 6.07) is 27.9. The van der Waals surface area contributed by atoms with E-state index in [-0.39, 0.29) is 11.9 Å². The van der Waals surface area contributed by atoms with Crippen LogP contribution in [0, 0.1) is 6.92 Å². The molecule has 2 nitrogen and oxygen atoms in total. The Balaban J connectivity index is 2.03. The molecule has 0 saturated carbocycles. The van der Waals surface area contributed by atoms with E-state index in [9.17, 15) is 4.79 Å². The molecule has 0 heterocycles. The van der Waals surface area contributed by atoms with Gasteiger partial charge in [0, 0.05) is 12.6 Å². The van der Waals surface area contributed by atoms with Crippen molar-refractivity contribution >= 4 is 5.91 Å². The molecule has 0 aromatic heterocycles. The van der Waals surface area contributed by atoms with E-state index in [1.807, 2.05) is 79.5 Å². The van der Waals surface area contributed by atoms with E-state index < -0.39 is 0 Å². The fraction of sp³-hybridized carbons (Fsp3) is 0.136. The Bertz CT molecular complexity index is 772. The Hall–Kier alpha value is -2.87. The van der Waals surface area contributed by atoms with E-state index in [4.69, 9.17) is 0 Å². The van der Waals surface area contributed by atoms with Crippen molar-refractivity contribution in [3.05, 3.63) is 107 Å². The average Bonchev–Trinajstić information content (AvgIpc) is 2.63. The molecule has 24 heavy (non-hydrogen) atoms. The highest BCUT2D eigenvalue weighted by atomic mass is 16.2. The summed E-state index contributed by atoms with van der Waals surface area (Å²) >= 11 is 0. The largest absolute Gasteiger partial charge is 0.331 e. The Labute approximate surface area is 143 Å². The first-order chi connectivity index (χ1) is 11.7. The van der Waals surface area contributed by atoms with Crippen LogP contribution in [0.1, 0.15) is 33.1 Å². The van der Waals surface area contributed by atoms with Gasteiger partial charge in [0.05, 0.1) is 6.04 Å². The molecule has 3 aromatic rings. The van der Waals surface area contributed by atoms with E-state index in [1.54, 1.807) is 0 Å². The van der Waals surface area contributed by atoms with Gasteiger partial charge in [0.15, 0.2) is 0 Å². The van der Waals surface area contributed by atoms with Crippen LogP contribution in [0.15, 0.2) is 84.9 Å². The van der Waals surface area contributed by atoms with E-state index in [0.29, 0.717) is 0 Å². The van der Waals surface area contributed by atoms with Gasteiger partial charge in [0.25, 0.3) is 5.91 Å². The number of nitrogens with zero attached hydrogens (tertiary/aromatic N) is 1. The first-order valence-corrected chi connectivity index (χ1v) is 8.11. The molecule has 0 aliphatic heterocycles. The molecule has 3 rings (SSSR count). The van der Waals surface area contributed by atoms with Gasteiger partial charge >= 0.3 is 0 Å². The van der Waals surface area contributed by atoms with Crippen LogP contribution in [0.3, 0.4) is 0 Å². The topological polar surface area (TPSA) is 20.3 Å². The molecule has 0 atom stereocenters. The van der Waals surface area contributed by atoms with Crippen LogP contribution in [0.5, 0.6) is 0 Å². The zero-order valence-electron chi connectivity index (χ0n) is 14.0. The Morgan fingerprint density at radius 1 is 0.750 bits per heavy atom. The van der Waals surface area contributed by atoms with Crippen molar-refractivity contribution in [3.8, 4) is 0 Å². The lowest BCUT2D eigenvalue weighted by molar-refractivity contribution is 0.0754. The van der Waals surface area contributed by atoms with Gasteiger partial charge < -0.3 is 4.90 Å². The first-order valence-electron chi connectivity index (χ1n) is 8.11. The quantitative estimate of drug-likeness (QED) is 0.673. The number of aryl methyl sites for hydroxylation is 1. The Morgan fingerprint density at radius 2 is 1.21 bits per heavy atom. The molecule has 0 unspecified atom stereocenters. The number of carbonyl (C=O) groups excluding carboxylic acids is 1. The molecule has 0 bridgehead atoms. The van der Waals surface area contributed by atoms with Gasteiger partial charge in [0.2, 0.25) is 0 Å². The zero-order chi connectivity index (χ0) is 16.9. The van der Waals surface area contributed by atoms with Crippen LogP contribution >= 0.6 is 0 Å². The molecule has 0 spiro atoms. The molecular formula is C22H21NO. The number of benzene rings is 3. The van der Waals surface area contributed by atoms with Gasteiger partial charge in [-0.25, -0.2) is 0 Å². The summed E-state index contributed by atoms with van der Waals surface area (Å²) in [7, 11) is 1.87. The summed E-state index contributed by atoms with van der Waals surface area (Å²) in [6.45, 7) is 1.97. The molecule has 1 amide bonds. The smallest absolute Gasteiger partial charge is 0.254 e. The maximum Gasteiger partial charge on any atom is 0.254 e. The summed E-state index contributed by atoms with van der Waals surface area (Å²) in [5.41, 5.74) is 3.95. The number of amides is 1. The highest BCUT2D eigenvalue weighted by Gasteiger charge is 2.24. The van der Waals surface area contributed by atoms with Crippen molar-refractivity contribution < 1.29 is 4.79 Å². The molecule has 0 radical (unpaired) electrons. The van der Waals surface area contributed by atoms with Gasteiger partial charge in [-0.3, -0.25) is 4.79 Å². The lowest BCUT2D eigenvalue weighted by Crippen LogP contribution is -2.32. The highest BCUT2D eigenvalue weighted by Crippen LogP contribution is 2.29. The summed E-state index contributed by atoms with van der Waals surface area (Å²) in [5, 5.41) is 0. The van der Waals surface area contributed by atoms with Gasteiger partial charge in [0.1, 0.15) is 0 Å². The summed E-state index contributed by atoms with van der Waals surface area (Å²) in [4.78, 5) is 14.9. The van der Waals surface area contributed by atoms with Crippen molar-refractivity contribution in [2.24, 2.45) is 0 Å². The summed E-state index contributed by atoms with van der Waals surface area (Å²) in [6.07, 6.45) is 0. The average molecular weight is 315 g/mol. The molecule has 0 aliphatic rings. The standard InChI is InChI=1S/C22H21NO/c1-17-11-9-10-16-20(17)22(24)23(2)21(18-12-5-3-6-13-18)19-14-7-4-8-15-19/h3-16,21H,1-2H3. The summed E-state index contributed by atoms with van der Waals surface area (Å²) < 4.78 is 0. The molecule has 0 fully saturated rings. The monoisotopic (exact) mass is 315 g/mol. The Kier molecular flexibility index (Phi) is 4.76. The third kappa shape index (κ3) is 3.23. The van der Waals surface area contributed by atoms with E-state index in [0.717, 1.165) is 22.3 Å². The normalized spacial score (nSPS) is 10.6. The minimum absolute atomic E-state index is 0.0332. The van der Waals surface area contributed by atoms with Crippen LogP contribution in [-0.4, -0.2) is 17.9 Å². The molecule has 0 saturated heterocycles. The molecule has 3 aromatic carbocycles.